The third-order valence-corrected chi connectivity index (χ3v) is 5.68. The fraction of sp³-hybridized carbons (Fsp3) is 0.280. The molecule has 30 heavy (non-hydrogen) atoms. The smallest absolute Gasteiger partial charge is 0.416 e. The fourth-order valence-electron chi connectivity index (χ4n) is 3.91. The summed E-state index contributed by atoms with van der Waals surface area (Å²) < 4.78 is 44.2. The van der Waals surface area contributed by atoms with Crippen LogP contribution in [-0.4, -0.2) is 31.6 Å². The van der Waals surface area contributed by atoms with E-state index in [9.17, 15) is 13.2 Å². The minimum absolute atomic E-state index is 0.586. The van der Waals surface area contributed by atoms with Crippen molar-refractivity contribution in [3.05, 3.63) is 83.4 Å². The van der Waals surface area contributed by atoms with E-state index in [2.05, 4.69) is 35.2 Å². The molecule has 5 heteroatoms. The molecule has 3 aromatic carbocycles. The summed E-state index contributed by atoms with van der Waals surface area (Å²) in [7, 11) is 1.67. The van der Waals surface area contributed by atoms with Crippen LogP contribution >= 0.6 is 0 Å². The van der Waals surface area contributed by atoms with E-state index in [1.807, 2.05) is 12.1 Å². The van der Waals surface area contributed by atoms with Gasteiger partial charge in [0.2, 0.25) is 0 Å². The molecule has 0 unspecified atom stereocenters. The molecule has 0 bridgehead atoms. The van der Waals surface area contributed by atoms with Crippen molar-refractivity contribution in [3.63, 3.8) is 0 Å². The summed E-state index contributed by atoms with van der Waals surface area (Å²) in [6.07, 6.45) is -0.540. The van der Waals surface area contributed by atoms with E-state index in [0.29, 0.717) is 5.56 Å². The van der Waals surface area contributed by atoms with Crippen LogP contribution in [0, 0.1) is 0 Å². The average Bonchev–Trinajstić information content (AvgIpc) is 2.77. The zero-order chi connectivity index (χ0) is 21.1. The molecule has 0 radical (unpaired) electrons. The Morgan fingerprint density at radius 2 is 1.77 bits per heavy atom. The Morgan fingerprint density at radius 1 is 0.967 bits per heavy atom. The summed E-state index contributed by atoms with van der Waals surface area (Å²) in [5.74, 6) is 0.854. The van der Waals surface area contributed by atoms with E-state index >= 15 is 0 Å². The van der Waals surface area contributed by atoms with Gasteiger partial charge < -0.3 is 4.74 Å². The number of halogens is 3. The second-order valence-corrected chi connectivity index (χ2v) is 7.66. The number of alkyl halides is 3. The van der Waals surface area contributed by atoms with E-state index in [1.54, 1.807) is 13.2 Å². The van der Waals surface area contributed by atoms with Crippen molar-refractivity contribution in [1.29, 1.82) is 0 Å². The number of benzene rings is 3. The van der Waals surface area contributed by atoms with Crippen LogP contribution in [0.25, 0.3) is 16.3 Å². The maximum absolute atomic E-state index is 13.0. The summed E-state index contributed by atoms with van der Waals surface area (Å²) in [6.45, 7) is 2.54. The normalized spacial score (nSPS) is 15.3. The minimum Gasteiger partial charge on any atom is -0.497 e. The Kier molecular flexibility index (Phi) is 5.82. The van der Waals surface area contributed by atoms with Crippen molar-refractivity contribution in [1.82, 2.24) is 4.90 Å². The zero-order valence-electron chi connectivity index (χ0n) is 16.9. The Morgan fingerprint density at radius 3 is 2.50 bits per heavy atom. The molecule has 0 saturated heterocycles. The summed E-state index contributed by atoms with van der Waals surface area (Å²) in [5, 5.41) is 2.35. The molecule has 0 aromatic heterocycles. The summed E-state index contributed by atoms with van der Waals surface area (Å²) >= 11 is 0. The Labute approximate surface area is 174 Å². The number of ether oxygens (including phenoxy) is 1. The molecular formula is C25H24F3NO. The van der Waals surface area contributed by atoms with Crippen molar-refractivity contribution < 1.29 is 17.9 Å². The van der Waals surface area contributed by atoms with E-state index < -0.39 is 11.7 Å². The van der Waals surface area contributed by atoms with Gasteiger partial charge in [0.25, 0.3) is 0 Å². The first-order valence-corrected chi connectivity index (χ1v) is 10.1. The van der Waals surface area contributed by atoms with Crippen molar-refractivity contribution in [2.45, 2.75) is 19.0 Å². The second-order valence-electron chi connectivity index (χ2n) is 7.66. The maximum atomic E-state index is 13.0. The highest BCUT2D eigenvalue weighted by molar-refractivity contribution is 5.84. The number of rotatable bonds is 5. The van der Waals surface area contributed by atoms with Gasteiger partial charge in [0.1, 0.15) is 5.75 Å². The monoisotopic (exact) mass is 411 g/mol. The molecule has 0 aliphatic carbocycles. The lowest BCUT2D eigenvalue weighted by Gasteiger charge is -2.26. The van der Waals surface area contributed by atoms with Crippen molar-refractivity contribution in [3.8, 4) is 5.75 Å². The lowest BCUT2D eigenvalue weighted by Crippen LogP contribution is -2.30. The van der Waals surface area contributed by atoms with Gasteiger partial charge in [-0.15, -0.1) is 0 Å². The summed E-state index contributed by atoms with van der Waals surface area (Å²) in [6, 6.07) is 18.2. The van der Waals surface area contributed by atoms with Gasteiger partial charge in [0, 0.05) is 19.6 Å². The zero-order valence-corrected chi connectivity index (χ0v) is 16.9. The van der Waals surface area contributed by atoms with Crippen molar-refractivity contribution in [2.24, 2.45) is 0 Å². The molecule has 0 amide bonds. The number of hydrogen-bond acceptors (Lipinski definition) is 2. The minimum atomic E-state index is -4.30. The highest BCUT2D eigenvalue weighted by atomic mass is 19.4. The predicted octanol–water partition coefficient (Wildman–Crippen LogP) is 6.20. The van der Waals surface area contributed by atoms with Gasteiger partial charge in [0.05, 0.1) is 12.7 Å². The van der Waals surface area contributed by atoms with E-state index in [4.69, 9.17) is 4.74 Å². The predicted molar refractivity (Wildman–Crippen MR) is 115 cm³/mol. The molecule has 0 atom stereocenters. The molecule has 1 heterocycles. The standard InChI is InChI=1S/C25H24F3NO/c1-30-24-8-7-21-15-18(5-6-22(21)17-24)9-12-29-13-10-19(11-14-29)20-3-2-4-23(16-20)25(26,27)28/h2-8,10,15-17H,9,11-14H2,1H3. The average molecular weight is 411 g/mol. The molecule has 0 saturated carbocycles. The molecule has 0 N–H and O–H groups in total. The second kappa shape index (κ2) is 8.52. The van der Waals surface area contributed by atoms with Gasteiger partial charge in [-0.2, -0.15) is 13.2 Å². The topological polar surface area (TPSA) is 12.5 Å². The molecule has 1 aliphatic heterocycles. The molecule has 1 aliphatic rings. The maximum Gasteiger partial charge on any atom is 0.416 e. The third-order valence-electron chi connectivity index (χ3n) is 5.68. The Bertz CT molecular complexity index is 1070. The number of methoxy groups -OCH3 is 1. The summed E-state index contributed by atoms with van der Waals surface area (Å²) in [4.78, 5) is 2.34. The number of nitrogens with zero attached hydrogens (tertiary/aromatic N) is 1. The number of hydrogen-bond donors (Lipinski definition) is 0. The van der Waals surface area contributed by atoms with Gasteiger partial charge in [-0.3, -0.25) is 4.90 Å². The van der Waals surface area contributed by atoms with Gasteiger partial charge >= 0.3 is 6.18 Å². The van der Waals surface area contributed by atoms with Crippen molar-refractivity contribution >= 4 is 16.3 Å². The molecule has 2 nitrogen and oxygen atoms in total. The lowest BCUT2D eigenvalue weighted by atomic mass is 9.97. The van der Waals surface area contributed by atoms with Gasteiger partial charge in [0.15, 0.2) is 0 Å². The van der Waals surface area contributed by atoms with Crippen LogP contribution in [0.4, 0.5) is 13.2 Å². The van der Waals surface area contributed by atoms with Crippen LogP contribution in [-0.2, 0) is 12.6 Å². The number of fused-ring (bicyclic) bond motifs is 1. The molecule has 156 valence electrons. The molecule has 3 aromatic rings. The van der Waals surface area contributed by atoms with Crippen LogP contribution in [0.3, 0.4) is 0 Å². The first-order chi connectivity index (χ1) is 14.4. The molecule has 0 spiro atoms. The SMILES string of the molecule is COc1ccc2cc(CCN3CC=C(c4cccc(C(F)(F)F)c4)CC3)ccc2c1. The van der Waals surface area contributed by atoms with E-state index in [1.165, 1.54) is 23.1 Å². The Hall–Kier alpha value is -2.79. The quantitative estimate of drug-likeness (QED) is 0.496. The molecule has 4 rings (SSSR count). The lowest BCUT2D eigenvalue weighted by molar-refractivity contribution is -0.137. The van der Waals surface area contributed by atoms with E-state index in [-0.39, 0.29) is 0 Å². The largest absolute Gasteiger partial charge is 0.497 e. The highest BCUT2D eigenvalue weighted by Gasteiger charge is 2.30. The van der Waals surface area contributed by atoms with Crippen molar-refractivity contribution in [2.75, 3.05) is 26.7 Å². The summed E-state index contributed by atoms with van der Waals surface area (Å²) in [5.41, 5.74) is 2.36. The van der Waals surface area contributed by atoms with E-state index in [0.717, 1.165) is 55.3 Å². The van der Waals surface area contributed by atoms with Crippen LogP contribution in [0.15, 0.2) is 66.7 Å². The van der Waals surface area contributed by atoms with Gasteiger partial charge in [-0.1, -0.05) is 42.5 Å². The Balaban J connectivity index is 1.38. The fourth-order valence-corrected chi connectivity index (χ4v) is 3.91. The highest BCUT2D eigenvalue weighted by Crippen LogP contribution is 2.32. The first-order valence-electron chi connectivity index (χ1n) is 10.1. The third kappa shape index (κ3) is 4.68. The van der Waals surface area contributed by atoms with Crippen LogP contribution < -0.4 is 4.74 Å². The molecule has 0 fully saturated rings. The first kappa shape index (κ1) is 20.5. The van der Waals surface area contributed by atoms with Crippen LogP contribution in [0.1, 0.15) is 23.1 Å². The van der Waals surface area contributed by atoms with Crippen LogP contribution in [0.5, 0.6) is 5.75 Å². The molecular weight excluding hydrogens is 387 g/mol. The van der Waals surface area contributed by atoms with Gasteiger partial charge in [-0.25, -0.2) is 0 Å². The van der Waals surface area contributed by atoms with Crippen LogP contribution in [0.2, 0.25) is 0 Å². The van der Waals surface area contributed by atoms with Gasteiger partial charge in [-0.05, 0) is 64.6 Å².